The van der Waals surface area contributed by atoms with Crippen molar-refractivity contribution in [3.63, 3.8) is 0 Å². The molecule has 0 amide bonds. The van der Waals surface area contributed by atoms with Gasteiger partial charge in [0, 0.05) is 31.0 Å². The molecule has 2 aromatic rings. The molecule has 4 heterocycles. The van der Waals surface area contributed by atoms with Crippen molar-refractivity contribution in [3.05, 3.63) is 93.9 Å². The minimum Gasteiger partial charge on any atom is -0.432 e. The lowest BCUT2D eigenvalue weighted by atomic mass is 9.33. The summed E-state index contributed by atoms with van der Waals surface area (Å²) in [6.45, 7) is 30.3. The predicted molar refractivity (Wildman–Crippen MR) is 320 cm³/mol. The number of carbonyl (C=O) groups is 1. The van der Waals surface area contributed by atoms with Crippen molar-refractivity contribution in [1.82, 2.24) is 0 Å². The maximum Gasteiger partial charge on any atom is 0.317 e. The fraction of sp³-hybridized carbons (Fsp3) is 0.783. The van der Waals surface area contributed by atoms with Crippen LogP contribution in [0.25, 0.3) is 10.4 Å². The van der Waals surface area contributed by atoms with Crippen molar-refractivity contribution in [2.45, 2.75) is 246 Å². The number of allylic oxidation sites excluding steroid dienone is 2. The molecule has 24 atom stereocenters. The number of rotatable bonds is 16. The largest absolute Gasteiger partial charge is 0.432 e. The third-order valence-corrected chi connectivity index (χ3v) is 24.1. The van der Waals surface area contributed by atoms with E-state index in [2.05, 4.69) is 90.5 Å². The zero-order chi connectivity index (χ0) is 60.6. The van der Waals surface area contributed by atoms with Gasteiger partial charge in [-0.15, -0.1) is 0 Å². The molecule has 16 nitrogen and oxygen atoms in total. The van der Waals surface area contributed by atoms with Gasteiger partial charge in [0.25, 0.3) is 0 Å². The van der Waals surface area contributed by atoms with Gasteiger partial charge in [0.05, 0.1) is 62.5 Å². The molecule has 11 rings (SSSR count). The minimum absolute atomic E-state index is 0.0557. The second-order valence-corrected chi connectivity index (χ2v) is 29.8. The zero-order valence-electron chi connectivity index (χ0n) is 53.7. The van der Waals surface area contributed by atoms with Gasteiger partial charge in [-0.25, -0.2) is 0 Å². The van der Waals surface area contributed by atoms with Gasteiger partial charge in [0.1, 0.15) is 29.8 Å². The molecule has 9 aliphatic rings. The molecule has 8 fully saturated rings. The van der Waals surface area contributed by atoms with E-state index in [0.717, 1.165) is 49.7 Å². The molecule has 85 heavy (non-hydrogen) atoms. The standard InChI is InChI=1S/C69H101N3O13/c1-40-36-78-59(43(4)54(40)77-38-46-24-20-17-21-25-46)82-56-44(5)79-61(58-57(56)84-64(8,9)85-58)81-55-42(3)53(71-72-70)49(39-76-37-45-22-18-16-19-23-45)80-60(55)83-62(73)69-33-32-63(6,7)34-48(69)47-26-27-50-65(10)30-28-41(2)68(13,75-15)51(65)29-31-66(50,11)67(47,12)35-52(69)74-14/h16-26,40-44,48-61H,27-39H2,1-15H3/t40-,41+,42?,43?,44-,48?,49?,50?,51-,52?,53-,54?,55?,56+,57?,58?,59+,60+,61+,65?,66+,67-,68+,69-/m1/s1. The summed E-state index contributed by atoms with van der Waals surface area (Å²) in [5.41, 5.74) is 12.2. The Balaban J connectivity index is 0.902. The van der Waals surface area contributed by atoms with E-state index < -0.39 is 84.8 Å². The molecule has 4 aliphatic heterocycles. The Morgan fingerprint density at radius 3 is 2.09 bits per heavy atom. The summed E-state index contributed by atoms with van der Waals surface area (Å²) in [6.07, 6.45) is 2.85. The van der Waals surface area contributed by atoms with E-state index >= 15 is 4.79 Å². The number of nitrogens with zero attached hydrogens (tertiary/aromatic N) is 3. The van der Waals surface area contributed by atoms with E-state index in [1.807, 2.05) is 83.3 Å². The van der Waals surface area contributed by atoms with Crippen LogP contribution in [0.15, 0.2) is 77.4 Å². The molecule has 2 aromatic carbocycles. The van der Waals surface area contributed by atoms with Gasteiger partial charge < -0.3 is 56.8 Å². The molecule has 11 unspecified atom stereocenters. The highest BCUT2D eigenvalue weighted by atomic mass is 16.8. The summed E-state index contributed by atoms with van der Waals surface area (Å²) in [6, 6.07) is 19.3. The van der Waals surface area contributed by atoms with Crippen LogP contribution in [-0.4, -0.2) is 119 Å². The number of benzene rings is 2. The normalized spacial score (nSPS) is 46.2. The Morgan fingerprint density at radius 1 is 0.729 bits per heavy atom. The topological polar surface area (TPSA) is 177 Å². The van der Waals surface area contributed by atoms with Crippen molar-refractivity contribution in [3.8, 4) is 0 Å². The van der Waals surface area contributed by atoms with E-state index in [1.165, 1.54) is 12.0 Å². The lowest BCUT2D eigenvalue weighted by Gasteiger charge is -2.72. The molecule has 0 N–H and O–H groups in total. The first-order valence-electron chi connectivity index (χ1n) is 32.3. The highest BCUT2D eigenvalue weighted by Crippen LogP contribution is 2.76. The van der Waals surface area contributed by atoms with Gasteiger partial charge in [0.2, 0.25) is 6.29 Å². The van der Waals surface area contributed by atoms with Gasteiger partial charge in [-0.3, -0.25) is 4.79 Å². The van der Waals surface area contributed by atoms with Crippen LogP contribution < -0.4 is 0 Å². The Kier molecular flexibility index (Phi) is 17.8. The van der Waals surface area contributed by atoms with Gasteiger partial charge in [0.15, 0.2) is 18.4 Å². The number of azide groups is 1. The number of methoxy groups -OCH3 is 2. The number of hydrogen-bond acceptors (Lipinski definition) is 14. The number of ether oxygens (including phenoxy) is 12. The number of carbonyl (C=O) groups excluding carboxylic acids is 1. The van der Waals surface area contributed by atoms with E-state index in [-0.39, 0.29) is 63.7 Å². The van der Waals surface area contributed by atoms with Gasteiger partial charge in [-0.05, 0) is 153 Å². The monoisotopic (exact) mass is 1180 g/mol. The first kappa shape index (κ1) is 63.1. The van der Waals surface area contributed by atoms with Crippen LogP contribution in [0.2, 0.25) is 0 Å². The quantitative estimate of drug-likeness (QED) is 0.0510. The smallest absolute Gasteiger partial charge is 0.317 e. The van der Waals surface area contributed by atoms with E-state index in [1.54, 1.807) is 7.11 Å². The molecule has 470 valence electrons. The number of hydrogen-bond donors (Lipinski definition) is 0. The van der Waals surface area contributed by atoms with Crippen LogP contribution in [0.1, 0.15) is 159 Å². The molecule has 4 saturated carbocycles. The van der Waals surface area contributed by atoms with E-state index in [4.69, 9.17) is 56.8 Å². The maximum absolute atomic E-state index is 16.4. The van der Waals surface area contributed by atoms with E-state index in [0.29, 0.717) is 50.4 Å². The van der Waals surface area contributed by atoms with Crippen molar-refractivity contribution in [2.24, 2.45) is 73.6 Å². The van der Waals surface area contributed by atoms with Crippen LogP contribution in [0.3, 0.4) is 0 Å². The van der Waals surface area contributed by atoms with Crippen LogP contribution in [0.4, 0.5) is 0 Å². The maximum atomic E-state index is 16.4. The molecule has 0 bridgehead atoms. The van der Waals surface area contributed by atoms with Crippen LogP contribution in [0.5, 0.6) is 0 Å². The Hall–Kier alpha value is -3.48. The Bertz CT molecular complexity index is 2740. The number of esters is 1. The molecular weight excluding hydrogens is 1080 g/mol. The van der Waals surface area contributed by atoms with Gasteiger partial charge in [-0.1, -0.05) is 140 Å². The summed E-state index contributed by atoms with van der Waals surface area (Å²) < 4.78 is 81.6. The summed E-state index contributed by atoms with van der Waals surface area (Å²) in [5.74, 6) is -0.799. The number of fused-ring (bicyclic) bond motifs is 8. The molecule has 5 aliphatic carbocycles. The summed E-state index contributed by atoms with van der Waals surface area (Å²) in [5, 5.41) is 4.37. The molecule has 4 saturated heterocycles. The SMILES string of the molecule is COC1C[C@]2(C)C(=CCC3C4(C)CC[C@H](C)[C@](C)(OC)[C@@H]4CC[C@@]32C)C2CC(C)(C)CC[C@]12C(=O)O[C@@H]1OC(COCc2ccccc2)[C@H](N=[N+]=[N-])C(C)C1O[C@@H]1O[C@H](C)[C@H](O[C@@H]2OC[C@@H](C)C(OCc3ccccc3)C2C)C2OC(C)(C)OC21. The second-order valence-electron chi connectivity index (χ2n) is 29.8. The first-order chi connectivity index (χ1) is 40.4. The highest BCUT2D eigenvalue weighted by molar-refractivity contribution is 5.80. The Morgan fingerprint density at radius 2 is 1.41 bits per heavy atom. The lowest BCUT2D eigenvalue weighted by molar-refractivity contribution is -0.352. The fourth-order valence-corrected chi connectivity index (χ4v) is 18.9. The zero-order valence-corrected chi connectivity index (χ0v) is 53.7. The Labute approximate surface area is 506 Å². The lowest BCUT2D eigenvalue weighted by Crippen LogP contribution is -2.69. The molecule has 0 aromatic heterocycles. The third-order valence-electron chi connectivity index (χ3n) is 24.1. The molecule has 16 heteroatoms. The molecule has 0 radical (unpaired) electrons. The van der Waals surface area contributed by atoms with Crippen molar-refractivity contribution in [1.29, 1.82) is 0 Å². The average molecular weight is 1180 g/mol. The van der Waals surface area contributed by atoms with E-state index in [9.17, 15) is 5.53 Å². The molecular formula is C69H101N3O13. The van der Waals surface area contributed by atoms with Crippen molar-refractivity contribution >= 4 is 5.97 Å². The summed E-state index contributed by atoms with van der Waals surface area (Å²) in [7, 11) is 3.71. The summed E-state index contributed by atoms with van der Waals surface area (Å²) in [4.78, 5) is 19.8. The minimum atomic E-state index is -1.29. The second kappa shape index (κ2) is 24.0. The average Bonchev–Trinajstić information content (AvgIpc) is 2.01. The van der Waals surface area contributed by atoms with Gasteiger partial charge >= 0.3 is 5.97 Å². The van der Waals surface area contributed by atoms with Crippen molar-refractivity contribution < 1.29 is 61.6 Å². The van der Waals surface area contributed by atoms with Crippen molar-refractivity contribution in [2.75, 3.05) is 27.4 Å². The first-order valence-corrected chi connectivity index (χ1v) is 32.3. The summed E-state index contributed by atoms with van der Waals surface area (Å²) >= 11 is 0. The van der Waals surface area contributed by atoms with Crippen LogP contribution >= 0.6 is 0 Å². The van der Waals surface area contributed by atoms with Gasteiger partial charge in [-0.2, -0.15) is 0 Å². The van der Waals surface area contributed by atoms with Crippen LogP contribution in [0, 0.1) is 68.5 Å². The third kappa shape index (κ3) is 11.1. The molecule has 0 spiro atoms. The van der Waals surface area contributed by atoms with Crippen LogP contribution in [-0.2, 0) is 74.9 Å². The fourth-order valence-electron chi connectivity index (χ4n) is 18.9. The highest BCUT2D eigenvalue weighted by Gasteiger charge is 2.73. The predicted octanol–water partition coefficient (Wildman–Crippen LogP) is 13.5.